The van der Waals surface area contributed by atoms with Gasteiger partial charge in [0.25, 0.3) is 11.7 Å². The maximum Gasteiger partial charge on any atom is 0.293 e. The van der Waals surface area contributed by atoms with E-state index in [1.807, 2.05) is 47.4 Å². The number of benzene rings is 3. The van der Waals surface area contributed by atoms with Crippen LogP contribution in [0.3, 0.4) is 0 Å². The molecule has 1 spiro atoms. The fraction of sp³-hybridized carbons (Fsp3) is 0.387. The van der Waals surface area contributed by atoms with E-state index in [4.69, 9.17) is 9.47 Å². The average molecular weight is 483 g/mol. The van der Waals surface area contributed by atoms with Gasteiger partial charge in [-0.3, -0.25) is 14.6 Å². The molecule has 2 saturated heterocycles. The van der Waals surface area contributed by atoms with Gasteiger partial charge in [-0.25, -0.2) is 0 Å². The summed E-state index contributed by atoms with van der Waals surface area (Å²) in [6.45, 7) is 5.54. The van der Waals surface area contributed by atoms with Gasteiger partial charge in [-0.15, -0.1) is 0 Å². The van der Waals surface area contributed by atoms with Crippen LogP contribution in [0.5, 0.6) is 0 Å². The maximum absolute atomic E-state index is 13.9. The molecule has 3 aromatic rings. The maximum atomic E-state index is 13.9. The topological polar surface area (TPSA) is 42.0 Å². The van der Waals surface area contributed by atoms with Crippen molar-refractivity contribution in [3.05, 3.63) is 102 Å². The summed E-state index contributed by atoms with van der Waals surface area (Å²) in [5.74, 6) is -0.765. The van der Waals surface area contributed by atoms with Crippen LogP contribution >= 0.6 is 0 Å². The Morgan fingerprint density at radius 1 is 0.833 bits per heavy atom. The number of hydrogen-bond donors (Lipinski definition) is 0. The predicted octanol–water partition coefficient (Wildman–Crippen LogP) is 5.10. The van der Waals surface area contributed by atoms with E-state index in [1.165, 1.54) is 5.56 Å². The number of amides is 1. The predicted molar refractivity (Wildman–Crippen MR) is 141 cm³/mol. The van der Waals surface area contributed by atoms with Crippen LogP contribution in [0.4, 0.5) is 5.69 Å². The highest BCUT2D eigenvalue weighted by Gasteiger charge is 2.57. The Labute approximate surface area is 213 Å². The Hall–Kier alpha value is -2.99. The number of anilines is 1. The van der Waals surface area contributed by atoms with Gasteiger partial charge in [0.1, 0.15) is 0 Å². The summed E-state index contributed by atoms with van der Waals surface area (Å²) in [5.41, 5.74) is 4.00. The van der Waals surface area contributed by atoms with Crippen molar-refractivity contribution >= 4 is 11.6 Å². The van der Waals surface area contributed by atoms with Crippen molar-refractivity contribution in [2.24, 2.45) is 5.92 Å². The number of hydrogen-bond acceptors (Lipinski definition) is 4. The van der Waals surface area contributed by atoms with Crippen LogP contribution < -0.4 is 4.90 Å². The van der Waals surface area contributed by atoms with Crippen molar-refractivity contribution in [3.8, 4) is 0 Å². The highest BCUT2D eigenvalue weighted by atomic mass is 16.7. The lowest BCUT2D eigenvalue weighted by Gasteiger charge is -2.42. The molecule has 3 aliphatic heterocycles. The lowest BCUT2D eigenvalue weighted by molar-refractivity contribution is -0.276. The summed E-state index contributed by atoms with van der Waals surface area (Å²) in [6, 6.07) is 29.0. The van der Waals surface area contributed by atoms with E-state index in [9.17, 15) is 4.79 Å². The van der Waals surface area contributed by atoms with Gasteiger partial charge in [-0.05, 0) is 42.4 Å². The van der Waals surface area contributed by atoms with Crippen molar-refractivity contribution in [1.82, 2.24) is 4.90 Å². The van der Waals surface area contributed by atoms with Crippen LogP contribution in [-0.4, -0.2) is 43.8 Å². The van der Waals surface area contributed by atoms with Crippen molar-refractivity contribution in [2.45, 2.75) is 37.4 Å². The molecule has 0 unspecified atom stereocenters. The second-order valence-corrected chi connectivity index (χ2v) is 10.8. The van der Waals surface area contributed by atoms with E-state index in [2.05, 4.69) is 54.3 Å². The van der Waals surface area contributed by atoms with E-state index in [-0.39, 0.29) is 11.3 Å². The lowest BCUT2D eigenvalue weighted by Crippen LogP contribution is -2.55. The number of nitrogens with zero attached hydrogens (tertiary/aromatic N) is 2. The number of ether oxygens (including phenoxy) is 2. The standard InChI is InChI=1S/C31H34N2O3/c1-30(26-12-6-3-7-13-26)21-35-31(36-22-30)27-14-8-9-15-28(27)33(29(31)34)23-32-18-16-25(17-19-32)20-24-10-4-2-5-11-24/h2-15,25H,16-23H2,1H3. The quantitative estimate of drug-likeness (QED) is 0.507. The monoisotopic (exact) mass is 482 g/mol. The summed E-state index contributed by atoms with van der Waals surface area (Å²) >= 11 is 0. The van der Waals surface area contributed by atoms with Crippen LogP contribution in [0.1, 0.15) is 36.5 Å². The average Bonchev–Trinajstić information content (AvgIpc) is 3.15. The van der Waals surface area contributed by atoms with E-state index in [0.29, 0.717) is 25.8 Å². The SMILES string of the molecule is CC1(c2ccccc2)COC2(OC1)C(=O)N(CN1CCC(Cc3ccccc3)CC1)c1ccccc12. The third kappa shape index (κ3) is 4.15. The van der Waals surface area contributed by atoms with Crippen molar-refractivity contribution in [1.29, 1.82) is 0 Å². The summed E-state index contributed by atoms with van der Waals surface area (Å²) in [6.07, 6.45) is 3.42. The first-order chi connectivity index (χ1) is 17.6. The molecule has 5 heteroatoms. The largest absolute Gasteiger partial charge is 0.337 e. The Balaban J connectivity index is 1.15. The molecule has 0 radical (unpaired) electrons. The van der Waals surface area contributed by atoms with Gasteiger partial charge in [-0.1, -0.05) is 85.8 Å². The molecule has 0 saturated carbocycles. The molecule has 0 atom stereocenters. The molecular formula is C31H34N2O3. The first-order valence-corrected chi connectivity index (χ1v) is 13.1. The molecule has 3 heterocycles. The van der Waals surface area contributed by atoms with Crippen LogP contribution in [0.15, 0.2) is 84.9 Å². The number of carbonyl (C=O) groups is 1. The Kier molecular flexibility index (Phi) is 6.16. The van der Waals surface area contributed by atoms with E-state index in [1.54, 1.807) is 0 Å². The number of rotatable bonds is 5. The molecule has 3 aliphatic rings. The molecule has 0 bridgehead atoms. The minimum atomic E-state index is -1.35. The van der Waals surface area contributed by atoms with Crippen LogP contribution in [0, 0.1) is 5.92 Å². The van der Waals surface area contributed by atoms with Gasteiger partial charge in [0.15, 0.2) is 0 Å². The zero-order chi connectivity index (χ0) is 24.6. The van der Waals surface area contributed by atoms with Gasteiger partial charge in [0.2, 0.25) is 0 Å². The fourth-order valence-electron chi connectivity index (χ4n) is 5.90. The number of piperidine rings is 1. The summed E-state index contributed by atoms with van der Waals surface area (Å²) in [4.78, 5) is 18.2. The molecule has 0 aromatic heterocycles. The summed E-state index contributed by atoms with van der Waals surface area (Å²) in [7, 11) is 0. The zero-order valence-corrected chi connectivity index (χ0v) is 20.9. The Morgan fingerprint density at radius 2 is 1.44 bits per heavy atom. The smallest absolute Gasteiger partial charge is 0.293 e. The second kappa shape index (κ2) is 9.47. The molecular weight excluding hydrogens is 448 g/mol. The third-order valence-corrected chi connectivity index (χ3v) is 8.15. The van der Waals surface area contributed by atoms with Gasteiger partial charge < -0.3 is 9.47 Å². The van der Waals surface area contributed by atoms with Crippen molar-refractivity contribution < 1.29 is 14.3 Å². The number of likely N-dealkylation sites (tertiary alicyclic amines) is 1. The van der Waals surface area contributed by atoms with E-state index >= 15 is 0 Å². The zero-order valence-electron chi connectivity index (χ0n) is 20.9. The molecule has 0 aliphatic carbocycles. The van der Waals surface area contributed by atoms with Gasteiger partial charge in [-0.2, -0.15) is 0 Å². The highest BCUT2D eigenvalue weighted by molar-refractivity contribution is 6.06. The second-order valence-electron chi connectivity index (χ2n) is 10.8. The summed E-state index contributed by atoms with van der Waals surface area (Å²) in [5, 5.41) is 0. The van der Waals surface area contributed by atoms with Crippen molar-refractivity contribution in [3.63, 3.8) is 0 Å². The molecule has 1 amide bonds. The minimum Gasteiger partial charge on any atom is -0.337 e. The van der Waals surface area contributed by atoms with Crippen LogP contribution in [0.2, 0.25) is 0 Å². The highest BCUT2D eigenvalue weighted by Crippen LogP contribution is 2.48. The van der Waals surface area contributed by atoms with E-state index < -0.39 is 5.79 Å². The molecule has 5 nitrogen and oxygen atoms in total. The van der Waals surface area contributed by atoms with Crippen molar-refractivity contribution in [2.75, 3.05) is 37.9 Å². The van der Waals surface area contributed by atoms with Gasteiger partial charge in [0.05, 0.1) is 25.6 Å². The van der Waals surface area contributed by atoms with Crippen LogP contribution in [-0.2, 0) is 31.9 Å². The summed E-state index contributed by atoms with van der Waals surface area (Å²) < 4.78 is 12.8. The molecule has 0 N–H and O–H groups in total. The number of fused-ring (bicyclic) bond motifs is 2. The molecule has 3 aromatic carbocycles. The third-order valence-electron chi connectivity index (χ3n) is 8.15. The molecule has 6 rings (SSSR count). The molecule has 36 heavy (non-hydrogen) atoms. The molecule has 186 valence electrons. The Morgan fingerprint density at radius 3 is 2.14 bits per heavy atom. The first-order valence-electron chi connectivity index (χ1n) is 13.1. The Bertz CT molecular complexity index is 1200. The fourth-order valence-corrected chi connectivity index (χ4v) is 5.90. The molecule has 2 fully saturated rings. The van der Waals surface area contributed by atoms with E-state index in [0.717, 1.165) is 49.2 Å². The normalized spacial score (nSPS) is 26.9. The first kappa shape index (κ1) is 23.4. The lowest BCUT2D eigenvalue weighted by atomic mass is 9.83. The minimum absolute atomic E-state index is 0.106. The van der Waals surface area contributed by atoms with Gasteiger partial charge in [0, 0.05) is 24.1 Å². The number of para-hydroxylation sites is 1. The van der Waals surface area contributed by atoms with Gasteiger partial charge >= 0.3 is 0 Å². The van der Waals surface area contributed by atoms with Crippen LogP contribution in [0.25, 0.3) is 0 Å². The number of carbonyl (C=O) groups excluding carboxylic acids is 1.